The Labute approximate surface area is 146 Å². The number of ether oxygens (including phenoxy) is 2. The maximum atomic E-state index is 12.2. The third kappa shape index (κ3) is 4.78. The van der Waals surface area contributed by atoms with E-state index in [0.29, 0.717) is 36.4 Å². The molecule has 0 saturated carbocycles. The zero-order valence-electron chi connectivity index (χ0n) is 13.7. The lowest BCUT2D eigenvalue weighted by atomic mass is 10.2. The highest BCUT2D eigenvalue weighted by atomic mass is 16.6. The Kier molecular flexibility index (Phi) is 5.59. The second kappa shape index (κ2) is 8.26. The molecule has 1 heterocycles. The third-order valence-electron chi connectivity index (χ3n) is 3.79. The van der Waals surface area contributed by atoms with Crippen molar-refractivity contribution in [3.63, 3.8) is 0 Å². The van der Waals surface area contributed by atoms with E-state index in [2.05, 4.69) is 5.32 Å². The molecule has 0 radical (unpaired) electrons. The van der Waals surface area contributed by atoms with Crippen molar-refractivity contribution in [2.24, 2.45) is 0 Å². The normalized spacial score (nSPS) is 17.1. The highest BCUT2D eigenvalue weighted by molar-refractivity contribution is 5.90. The summed E-state index contributed by atoms with van der Waals surface area (Å²) in [5.74, 6) is -0.297. The molecule has 3 rings (SSSR count). The summed E-state index contributed by atoms with van der Waals surface area (Å²) in [6.07, 6.45) is 1.76. The van der Waals surface area contributed by atoms with Gasteiger partial charge in [0.2, 0.25) is 0 Å². The van der Waals surface area contributed by atoms with Gasteiger partial charge in [-0.05, 0) is 30.3 Å². The van der Waals surface area contributed by atoms with Gasteiger partial charge in [-0.1, -0.05) is 36.4 Å². The number of benzene rings is 2. The maximum absolute atomic E-state index is 12.2. The summed E-state index contributed by atoms with van der Waals surface area (Å²) < 4.78 is 11.0. The molecular weight excluding hydrogens is 318 g/mol. The Morgan fingerprint density at radius 1 is 0.880 bits per heavy atom. The monoisotopic (exact) mass is 337 g/mol. The molecular formula is C20H19NO4. The Morgan fingerprint density at radius 3 is 2.12 bits per heavy atom. The van der Waals surface area contributed by atoms with Gasteiger partial charge in [-0.15, -0.1) is 0 Å². The van der Waals surface area contributed by atoms with E-state index < -0.39 is 12.1 Å². The Hall–Kier alpha value is -2.92. The van der Waals surface area contributed by atoms with Crippen LogP contribution in [-0.4, -0.2) is 31.1 Å². The minimum Gasteiger partial charge on any atom is -0.457 e. The van der Waals surface area contributed by atoms with Crippen molar-refractivity contribution in [3.05, 3.63) is 83.6 Å². The Balaban J connectivity index is 1.61. The number of hydrogen-bond acceptors (Lipinski definition) is 5. The van der Waals surface area contributed by atoms with E-state index >= 15 is 0 Å². The van der Waals surface area contributed by atoms with Crippen molar-refractivity contribution in [2.75, 3.05) is 13.1 Å². The molecule has 25 heavy (non-hydrogen) atoms. The molecule has 0 saturated heterocycles. The minimum absolute atomic E-state index is 0.351. The van der Waals surface area contributed by atoms with E-state index in [4.69, 9.17) is 9.47 Å². The molecule has 1 unspecified atom stereocenters. The number of rotatable bonds is 4. The highest BCUT2D eigenvalue weighted by Crippen LogP contribution is 2.16. The van der Waals surface area contributed by atoms with Gasteiger partial charge in [-0.25, -0.2) is 9.59 Å². The van der Waals surface area contributed by atoms with Crippen LogP contribution in [0.5, 0.6) is 0 Å². The van der Waals surface area contributed by atoms with E-state index in [0.717, 1.165) is 0 Å². The first-order valence-corrected chi connectivity index (χ1v) is 8.15. The van der Waals surface area contributed by atoms with Crippen LogP contribution >= 0.6 is 0 Å². The van der Waals surface area contributed by atoms with Crippen LogP contribution in [0.4, 0.5) is 0 Å². The Morgan fingerprint density at radius 2 is 1.48 bits per heavy atom. The van der Waals surface area contributed by atoms with Crippen LogP contribution in [-0.2, 0) is 9.47 Å². The summed E-state index contributed by atoms with van der Waals surface area (Å²) in [7, 11) is 0. The number of carbonyl (C=O) groups excluding carboxylic acids is 2. The van der Waals surface area contributed by atoms with Gasteiger partial charge in [0.15, 0.2) is 0 Å². The van der Waals surface area contributed by atoms with Gasteiger partial charge in [0.25, 0.3) is 0 Å². The van der Waals surface area contributed by atoms with Crippen LogP contribution in [0.3, 0.4) is 0 Å². The summed E-state index contributed by atoms with van der Waals surface area (Å²) in [4.78, 5) is 24.4. The number of esters is 2. The van der Waals surface area contributed by atoms with Crippen LogP contribution in [0, 0.1) is 0 Å². The molecule has 5 heteroatoms. The molecule has 1 aliphatic heterocycles. The van der Waals surface area contributed by atoms with Crippen molar-refractivity contribution in [1.82, 2.24) is 5.32 Å². The first-order valence-electron chi connectivity index (χ1n) is 8.15. The first kappa shape index (κ1) is 16.9. The number of carbonyl (C=O) groups is 2. The first-order chi connectivity index (χ1) is 12.2. The molecule has 0 aromatic heterocycles. The molecule has 0 spiro atoms. The summed E-state index contributed by atoms with van der Waals surface area (Å²) >= 11 is 0. The van der Waals surface area contributed by atoms with Crippen molar-refractivity contribution in [1.29, 1.82) is 0 Å². The van der Waals surface area contributed by atoms with Gasteiger partial charge in [0.05, 0.1) is 11.1 Å². The van der Waals surface area contributed by atoms with Crippen LogP contribution in [0.15, 0.2) is 72.5 Å². The topological polar surface area (TPSA) is 64.6 Å². The fraction of sp³-hybridized carbons (Fsp3) is 0.200. The second-order valence-electron chi connectivity index (χ2n) is 5.68. The number of hydrogen-bond donors (Lipinski definition) is 1. The van der Waals surface area contributed by atoms with Gasteiger partial charge in [0.1, 0.15) is 11.9 Å². The average molecular weight is 337 g/mol. The van der Waals surface area contributed by atoms with E-state index in [1.165, 1.54) is 0 Å². The largest absolute Gasteiger partial charge is 0.457 e. The quantitative estimate of drug-likeness (QED) is 0.869. The lowest BCUT2D eigenvalue weighted by Crippen LogP contribution is -2.30. The molecule has 1 N–H and O–H groups in total. The molecule has 2 aromatic rings. The third-order valence-corrected chi connectivity index (χ3v) is 3.79. The summed E-state index contributed by atoms with van der Waals surface area (Å²) in [6.45, 7) is 1.05. The van der Waals surface area contributed by atoms with Crippen molar-refractivity contribution in [3.8, 4) is 0 Å². The Bertz CT molecular complexity index is 756. The smallest absolute Gasteiger partial charge is 0.343 e. The van der Waals surface area contributed by atoms with Crippen LogP contribution in [0.1, 0.15) is 27.1 Å². The summed E-state index contributed by atoms with van der Waals surface area (Å²) in [5.41, 5.74) is 0.983. The van der Waals surface area contributed by atoms with E-state index in [1.807, 2.05) is 12.1 Å². The fourth-order valence-corrected chi connectivity index (χ4v) is 2.52. The lowest BCUT2D eigenvalue weighted by Gasteiger charge is -2.17. The molecule has 0 amide bonds. The standard InChI is InChI=1S/C20H19NO4/c22-19(15-7-3-1-4-8-15)24-17-11-12-21-14-18(13-17)25-20(23)16-9-5-2-6-10-16/h1-11,18,21H,12-14H2. The maximum Gasteiger partial charge on any atom is 0.343 e. The SMILES string of the molecule is O=C(OC1=CCNCC(OC(=O)c2ccccc2)C1)c1ccccc1. The molecule has 0 aliphatic carbocycles. The molecule has 1 atom stereocenters. The summed E-state index contributed by atoms with van der Waals surface area (Å²) in [5, 5.41) is 3.15. The minimum atomic E-state index is -0.415. The molecule has 128 valence electrons. The molecule has 0 fully saturated rings. The van der Waals surface area contributed by atoms with Crippen LogP contribution in [0.25, 0.3) is 0 Å². The second-order valence-corrected chi connectivity index (χ2v) is 5.68. The summed E-state index contributed by atoms with van der Waals surface area (Å²) in [6, 6.07) is 17.6. The van der Waals surface area contributed by atoms with Crippen molar-refractivity contribution in [2.45, 2.75) is 12.5 Å². The zero-order chi connectivity index (χ0) is 17.5. The molecule has 2 aromatic carbocycles. The number of nitrogens with one attached hydrogen (secondary N) is 1. The van der Waals surface area contributed by atoms with Gasteiger partial charge in [0, 0.05) is 19.5 Å². The molecule has 1 aliphatic rings. The highest BCUT2D eigenvalue weighted by Gasteiger charge is 2.22. The molecule has 0 bridgehead atoms. The zero-order valence-corrected chi connectivity index (χ0v) is 13.7. The predicted molar refractivity (Wildman–Crippen MR) is 93.1 cm³/mol. The lowest BCUT2D eigenvalue weighted by molar-refractivity contribution is 0.0273. The molecule has 5 nitrogen and oxygen atoms in total. The van der Waals surface area contributed by atoms with Crippen LogP contribution < -0.4 is 5.32 Å². The van der Waals surface area contributed by atoms with E-state index in [-0.39, 0.29) is 5.97 Å². The predicted octanol–water partition coefficient (Wildman–Crippen LogP) is 2.95. The average Bonchev–Trinajstić information content (AvgIpc) is 2.88. The van der Waals surface area contributed by atoms with Gasteiger partial charge < -0.3 is 14.8 Å². The van der Waals surface area contributed by atoms with Gasteiger partial charge >= 0.3 is 11.9 Å². The van der Waals surface area contributed by atoms with Crippen molar-refractivity contribution >= 4 is 11.9 Å². The van der Waals surface area contributed by atoms with Gasteiger partial charge in [-0.3, -0.25) is 0 Å². The fourth-order valence-electron chi connectivity index (χ4n) is 2.52. The van der Waals surface area contributed by atoms with E-state index in [9.17, 15) is 9.59 Å². The van der Waals surface area contributed by atoms with Crippen LogP contribution in [0.2, 0.25) is 0 Å². The van der Waals surface area contributed by atoms with Gasteiger partial charge in [-0.2, -0.15) is 0 Å². The van der Waals surface area contributed by atoms with E-state index in [1.54, 1.807) is 54.6 Å². The van der Waals surface area contributed by atoms with Crippen molar-refractivity contribution < 1.29 is 19.1 Å².